The van der Waals surface area contributed by atoms with E-state index in [4.69, 9.17) is 4.74 Å². The quantitative estimate of drug-likeness (QED) is 0.808. The van der Waals surface area contributed by atoms with E-state index in [1.807, 2.05) is 17.2 Å². The van der Waals surface area contributed by atoms with Crippen LogP contribution in [0.15, 0.2) is 24.5 Å². The summed E-state index contributed by atoms with van der Waals surface area (Å²) in [5.41, 5.74) is 7.31. The Morgan fingerprint density at radius 1 is 1.36 bits per heavy atom. The van der Waals surface area contributed by atoms with Gasteiger partial charge in [-0.2, -0.15) is 0 Å². The van der Waals surface area contributed by atoms with Crippen molar-refractivity contribution in [2.75, 3.05) is 50.8 Å². The van der Waals surface area contributed by atoms with Crippen LogP contribution >= 0.6 is 0 Å². The number of likely N-dealkylation sites (tertiary alicyclic amines) is 1. The Hall–Kier alpha value is -1.70. The van der Waals surface area contributed by atoms with Gasteiger partial charge in [0, 0.05) is 44.3 Å². The minimum atomic E-state index is -0.0868. The van der Waals surface area contributed by atoms with E-state index < -0.39 is 0 Å². The molecule has 4 rings (SSSR count). The zero-order valence-electron chi connectivity index (χ0n) is 14.6. The number of hydrogen-bond donors (Lipinski definition) is 2. The number of carbonyl (C=O) groups excluding carboxylic acids is 1. The van der Waals surface area contributed by atoms with E-state index in [0.717, 1.165) is 70.9 Å². The van der Waals surface area contributed by atoms with Gasteiger partial charge in [-0.25, -0.2) is 5.43 Å². The summed E-state index contributed by atoms with van der Waals surface area (Å²) < 4.78 is 5.97. The lowest BCUT2D eigenvalue weighted by molar-refractivity contribution is -0.137. The van der Waals surface area contributed by atoms with Gasteiger partial charge in [0.25, 0.3) is 0 Å². The van der Waals surface area contributed by atoms with Gasteiger partial charge in [-0.1, -0.05) is 0 Å². The predicted molar refractivity (Wildman–Crippen MR) is 95.1 cm³/mol. The number of piperidine rings is 1. The molecule has 2 N–H and O–H groups in total. The highest BCUT2D eigenvalue weighted by atomic mass is 16.5. The maximum absolute atomic E-state index is 12.8. The molecule has 0 radical (unpaired) electrons. The molecular formula is C18H27N5O2. The summed E-state index contributed by atoms with van der Waals surface area (Å²) in [5, 5.41) is 0. The molecule has 25 heavy (non-hydrogen) atoms. The number of pyridine rings is 1. The van der Waals surface area contributed by atoms with Crippen LogP contribution in [0.2, 0.25) is 0 Å². The van der Waals surface area contributed by atoms with Gasteiger partial charge >= 0.3 is 0 Å². The summed E-state index contributed by atoms with van der Waals surface area (Å²) in [5.74, 6) is 0.223. The minimum Gasteiger partial charge on any atom is -0.379 e. The molecule has 4 heterocycles. The Labute approximate surface area is 148 Å². The standard InChI is InChI=1S/C18H27N5O2/c24-17(16-4-7-20-21-16)23-8-2-5-18(13-23)12-22(9-10-25-14-18)15-3-1-6-19-11-15/h1,3,6,11,16,20-21H,2,4-5,7-10,12-14H2. The molecule has 3 aliphatic heterocycles. The van der Waals surface area contributed by atoms with Crippen LogP contribution in [0, 0.1) is 5.41 Å². The predicted octanol–water partition coefficient (Wildman–Crippen LogP) is 0.394. The first-order valence-corrected chi connectivity index (χ1v) is 9.26. The Bertz CT molecular complexity index is 592. The number of hydrazine groups is 1. The number of nitrogens with zero attached hydrogens (tertiary/aromatic N) is 3. The van der Waals surface area contributed by atoms with Crippen molar-refractivity contribution in [3.05, 3.63) is 24.5 Å². The van der Waals surface area contributed by atoms with Crippen LogP contribution in [0.25, 0.3) is 0 Å². The normalized spacial score (nSPS) is 30.5. The lowest BCUT2D eigenvalue weighted by atomic mass is 9.79. The smallest absolute Gasteiger partial charge is 0.241 e. The number of aromatic nitrogens is 1. The summed E-state index contributed by atoms with van der Waals surface area (Å²) >= 11 is 0. The highest BCUT2D eigenvalue weighted by Crippen LogP contribution is 2.34. The van der Waals surface area contributed by atoms with Gasteiger partial charge in [-0.05, 0) is 31.4 Å². The first-order chi connectivity index (χ1) is 12.3. The number of carbonyl (C=O) groups is 1. The third-order valence-corrected chi connectivity index (χ3v) is 5.56. The van der Waals surface area contributed by atoms with Crippen LogP contribution in [0.4, 0.5) is 5.69 Å². The topological polar surface area (TPSA) is 69.7 Å². The van der Waals surface area contributed by atoms with E-state index in [-0.39, 0.29) is 17.4 Å². The Kier molecular flexibility index (Phi) is 4.87. The van der Waals surface area contributed by atoms with Crippen molar-refractivity contribution in [1.82, 2.24) is 20.7 Å². The van der Waals surface area contributed by atoms with E-state index in [1.54, 1.807) is 6.20 Å². The molecule has 3 fully saturated rings. The van der Waals surface area contributed by atoms with Crippen LogP contribution in [0.1, 0.15) is 19.3 Å². The summed E-state index contributed by atoms with van der Waals surface area (Å²) in [7, 11) is 0. The number of hydrogen-bond acceptors (Lipinski definition) is 6. The molecule has 7 heteroatoms. The Morgan fingerprint density at radius 3 is 3.12 bits per heavy atom. The van der Waals surface area contributed by atoms with E-state index in [2.05, 4.69) is 26.8 Å². The van der Waals surface area contributed by atoms with E-state index in [1.165, 1.54) is 0 Å². The van der Waals surface area contributed by atoms with E-state index >= 15 is 0 Å². The van der Waals surface area contributed by atoms with Crippen LogP contribution in [0.3, 0.4) is 0 Å². The van der Waals surface area contributed by atoms with Crippen molar-refractivity contribution in [3.63, 3.8) is 0 Å². The van der Waals surface area contributed by atoms with Crippen molar-refractivity contribution in [1.29, 1.82) is 0 Å². The zero-order chi connectivity index (χ0) is 17.1. The van der Waals surface area contributed by atoms with Gasteiger partial charge in [0.05, 0.1) is 25.1 Å². The Balaban J connectivity index is 1.49. The first kappa shape index (κ1) is 16.8. The zero-order valence-corrected chi connectivity index (χ0v) is 14.6. The fourth-order valence-corrected chi connectivity index (χ4v) is 4.29. The SMILES string of the molecule is O=C(C1CCNN1)N1CCCC2(COCCN(c3cccnc3)C2)C1. The number of ether oxygens (including phenoxy) is 1. The second-order valence-electron chi connectivity index (χ2n) is 7.46. The largest absolute Gasteiger partial charge is 0.379 e. The van der Waals surface area contributed by atoms with Gasteiger partial charge < -0.3 is 14.5 Å². The van der Waals surface area contributed by atoms with Crippen LogP contribution < -0.4 is 15.8 Å². The highest BCUT2D eigenvalue weighted by molar-refractivity contribution is 5.82. The molecule has 1 spiro atoms. The van der Waals surface area contributed by atoms with Gasteiger partial charge in [0.2, 0.25) is 5.91 Å². The molecule has 136 valence electrons. The molecule has 0 bridgehead atoms. The van der Waals surface area contributed by atoms with Crippen molar-refractivity contribution >= 4 is 11.6 Å². The van der Waals surface area contributed by atoms with Gasteiger partial charge in [0.15, 0.2) is 0 Å². The number of anilines is 1. The van der Waals surface area contributed by atoms with Gasteiger partial charge in [-0.3, -0.25) is 15.2 Å². The molecule has 0 saturated carbocycles. The molecule has 1 aromatic heterocycles. The molecule has 7 nitrogen and oxygen atoms in total. The maximum atomic E-state index is 12.8. The van der Waals surface area contributed by atoms with Gasteiger partial charge in [-0.15, -0.1) is 0 Å². The molecule has 0 aromatic carbocycles. The summed E-state index contributed by atoms with van der Waals surface area (Å²) in [6.07, 6.45) is 6.72. The molecule has 1 aromatic rings. The first-order valence-electron chi connectivity index (χ1n) is 9.26. The lowest BCUT2D eigenvalue weighted by Crippen LogP contribution is -2.55. The molecule has 0 aliphatic carbocycles. The number of amides is 1. The second kappa shape index (κ2) is 7.27. The van der Waals surface area contributed by atoms with Crippen molar-refractivity contribution in [2.45, 2.75) is 25.3 Å². The fourth-order valence-electron chi connectivity index (χ4n) is 4.29. The fraction of sp³-hybridized carbons (Fsp3) is 0.667. The van der Waals surface area contributed by atoms with Crippen molar-refractivity contribution < 1.29 is 9.53 Å². The lowest BCUT2D eigenvalue weighted by Gasteiger charge is -2.44. The average molecular weight is 345 g/mol. The maximum Gasteiger partial charge on any atom is 0.241 e. The number of nitrogens with one attached hydrogen (secondary N) is 2. The number of rotatable bonds is 2. The van der Waals surface area contributed by atoms with Crippen LogP contribution in [-0.4, -0.2) is 67.8 Å². The van der Waals surface area contributed by atoms with E-state index in [9.17, 15) is 4.79 Å². The van der Waals surface area contributed by atoms with E-state index in [0.29, 0.717) is 0 Å². The van der Waals surface area contributed by atoms with Crippen LogP contribution in [-0.2, 0) is 9.53 Å². The molecule has 2 unspecified atom stereocenters. The Morgan fingerprint density at radius 2 is 2.32 bits per heavy atom. The third kappa shape index (κ3) is 3.63. The van der Waals surface area contributed by atoms with Crippen molar-refractivity contribution in [3.8, 4) is 0 Å². The monoisotopic (exact) mass is 345 g/mol. The molecule has 2 atom stereocenters. The summed E-state index contributed by atoms with van der Waals surface area (Å²) in [6, 6.07) is 3.99. The van der Waals surface area contributed by atoms with Crippen molar-refractivity contribution in [2.24, 2.45) is 5.41 Å². The second-order valence-corrected chi connectivity index (χ2v) is 7.46. The van der Waals surface area contributed by atoms with Crippen LogP contribution in [0.5, 0.6) is 0 Å². The summed E-state index contributed by atoms with van der Waals surface area (Å²) in [6.45, 7) is 5.72. The molecule has 3 aliphatic rings. The van der Waals surface area contributed by atoms with Gasteiger partial charge in [0.1, 0.15) is 6.04 Å². The molecular weight excluding hydrogens is 318 g/mol. The average Bonchev–Trinajstić information content (AvgIpc) is 3.12. The summed E-state index contributed by atoms with van der Waals surface area (Å²) in [4.78, 5) is 21.5. The molecule has 3 saturated heterocycles. The highest BCUT2D eigenvalue weighted by Gasteiger charge is 2.41. The third-order valence-electron chi connectivity index (χ3n) is 5.56. The minimum absolute atomic E-state index is 0.00623. The molecule has 1 amide bonds.